The fourth-order valence-electron chi connectivity index (χ4n) is 4.90. The van der Waals surface area contributed by atoms with Gasteiger partial charge in [-0.25, -0.2) is 4.79 Å². The Morgan fingerprint density at radius 1 is 0.806 bits per heavy atom. The number of fused-ring (bicyclic) bond motifs is 1. The minimum atomic E-state index is -0.344. The van der Waals surface area contributed by atoms with E-state index in [2.05, 4.69) is 86.3 Å². The van der Waals surface area contributed by atoms with Crippen molar-refractivity contribution < 1.29 is 14.3 Å². The molecule has 0 unspecified atom stereocenters. The van der Waals surface area contributed by atoms with Crippen LogP contribution in [-0.2, 0) is 10.8 Å². The fraction of sp³-hybridized carbons (Fsp3) is 0.469. The van der Waals surface area contributed by atoms with Gasteiger partial charge in [0.1, 0.15) is 11.5 Å². The van der Waals surface area contributed by atoms with Crippen molar-refractivity contribution in [2.75, 3.05) is 12.0 Å². The second-order valence-corrected chi connectivity index (χ2v) is 12.2. The summed E-state index contributed by atoms with van der Waals surface area (Å²) in [6.45, 7) is 21.4. The molecule has 3 aromatic carbocycles. The molecule has 0 saturated heterocycles. The molecule has 0 aliphatic rings. The van der Waals surface area contributed by atoms with Crippen LogP contribution in [0.1, 0.15) is 90.7 Å². The Bertz CT molecular complexity index is 1200. The molecule has 3 aromatic rings. The molecule has 0 aliphatic heterocycles. The van der Waals surface area contributed by atoms with Crippen LogP contribution in [0.5, 0.6) is 11.5 Å². The van der Waals surface area contributed by atoms with Crippen molar-refractivity contribution in [3.05, 3.63) is 65.2 Å². The quantitative estimate of drug-likeness (QED) is 0.258. The highest BCUT2D eigenvalue weighted by Gasteiger charge is 2.31. The number of carbonyl (C=O) groups is 1. The minimum absolute atomic E-state index is 0.207. The molecule has 0 aromatic heterocycles. The van der Waals surface area contributed by atoms with E-state index in [1.54, 1.807) is 7.11 Å². The van der Waals surface area contributed by atoms with Crippen molar-refractivity contribution >= 4 is 22.4 Å². The van der Waals surface area contributed by atoms with Gasteiger partial charge in [0.15, 0.2) is 0 Å². The van der Waals surface area contributed by atoms with Gasteiger partial charge >= 0.3 is 5.97 Å². The molecule has 0 aliphatic carbocycles. The number of nitrogens with zero attached hydrogens (tertiary/aromatic N) is 1. The minimum Gasteiger partial charge on any atom is -0.497 e. The number of carbonyl (C=O) groups excluding carboxylic acids is 1. The van der Waals surface area contributed by atoms with Crippen molar-refractivity contribution in [2.24, 2.45) is 0 Å². The number of rotatable bonds is 6. The van der Waals surface area contributed by atoms with Crippen LogP contribution < -0.4 is 14.4 Å². The summed E-state index contributed by atoms with van der Waals surface area (Å²) < 4.78 is 12.0. The van der Waals surface area contributed by atoms with E-state index in [1.165, 1.54) is 0 Å². The van der Waals surface area contributed by atoms with E-state index < -0.39 is 0 Å². The van der Waals surface area contributed by atoms with Gasteiger partial charge in [0.05, 0.1) is 18.4 Å². The van der Waals surface area contributed by atoms with Gasteiger partial charge in [0, 0.05) is 28.6 Å². The van der Waals surface area contributed by atoms with Gasteiger partial charge in [0.2, 0.25) is 0 Å². The Morgan fingerprint density at radius 3 is 1.81 bits per heavy atom. The van der Waals surface area contributed by atoms with Crippen LogP contribution in [0.3, 0.4) is 0 Å². The lowest BCUT2D eigenvalue weighted by Gasteiger charge is -2.35. The Hall–Kier alpha value is -3.01. The first-order valence-electron chi connectivity index (χ1n) is 12.9. The lowest BCUT2D eigenvalue weighted by Crippen LogP contribution is -2.38. The number of benzene rings is 3. The van der Waals surface area contributed by atoms with Gasteiger partial charge in [-0.05, 0) is 62.1 Å². The molecular weight excluding hydrogens is 446 g/mol. The van der Waals surface area contributed by atoms with Gasteiger partial charge < -0.3 is 14.4 Å². The molecule has 0 spiro atoms. The number of anilines is 1. The van der Waals surface area contributed by atoms with E-state index in [1.807, 2.05) is 36.4 Å². The third kappa shape index (κ3) is 5.53. The summed E-state index contributed by atoms with van der Waals surface area (Å²) >= 11 is 0. The van der Waals surface area contributed by atoms with Gasteiger partial charge in [-0.1, -0.05) is 71.9 Å². The number of esters is 1. The zero-order valence-corrected chi connectivity index (χ0v) is 23.9. The predicted molar refractivity (Wildman–Crippen MR) is 152 cm³/mol. The van der Waals surface area contributed by atoms with E-state index >= 15 is 0 Å². The first-order valence-corrected chi connectivity index (χ1v) is 12.9. The molecule has 4 heteroatoms. The molecule has 0 saturated carbocycles. The molecular formula is C32H43NO3. The smallest absolute Gasteiger partial charge is 0.345 e. The Kier molecular flexibility index (Phi) is 7.78. The molecule has 0 amide bonds. The summed E-state index contributed by atoms with van der Waals surface area (Å²) in [4.78, 5) is 16.4. The lowest BCUT2D eigenvalue weighted by molar-refractivity contribution is 0.0729. The number of methoxy groups -OCH3 is 1. The first kappa shape index (κ1) is 27.6. The third-order valence-electron chi connectivity index (χ3n) is 6.60. The molecule has 194 valence electrons. The van der Waals surface area contributed by atoms with Crippen molar-refractivity contribution in [2.45, 2.75) is 92.2 Å². The highest BCUT2D eigenvalue weighted by atomic mass is 16.5. The third-order valence-corrected chi connectivity index (χ3v) is 6.60. The maximum Gasteiger partial charge on any atom is 0.345 e. The van der Waals surface area contributed by atoms with Crippen LogP contribution in [0.4, 0.5) is 5.69 Å². The number of hydrogen-bond acceptors (Lipinski definition) is 4. The number of hydrogen-bond donors (Lipinski definition) is 0. The zero-order valence-electron chi connectivity index (χ0n) is 23.9. The standard InChI is InChI=1S/C32H43NO3/c1-20(2)33(21(3)4)28-24-15-13-12-14-22(24)16-17-25(28)30(34)36-29-26(31(5,6)7)18-23(35-11)19-27(29)32(8,9)10/h12-21H,1-11H3. The molecule has 4 nitrogen and oxygen atoms in total. The summed E-state index contributed by atoms with van der Waals surface area (Å²) in [6, 6.07) is 16.6. The highest BCUT2D eigenvalue weighted by molar-refractivity contribution is 6.07. The Labute approximate surface area is 217 Å². The summed E-state index contributed by atoms with van der Waals surface area (Å²) in [7, 11) is 1.67. The molecule has 3 rings (SSSR count). The molecule has 0 heterocycles. The average molecular weight is 490 g/mol. The second kappa shape index (κ2) is 10.2. The van der Waals surface area contributed by atoms with Crippen LogP contribution in [0.2, 0.25) is 0 Å². The normalized spacial score (nSPS) is 12.4. The van der Waals surface area contributed by atoms with Gasteiger partial charge in [-0.2, -0.15) is 0 Å². The van der Waals surface area contributed by atoms with Crippen LogP contribution in [0.25, 0.3) is 10.8 Å². The van der Waals surface area contributed by atoms with E-state index in [0.29, 0.717) is 11.3 Å². The van der Waals surface area contributed by atoms with Gasteiger partial charge in [-0.3, -0.25) is 0 Å². The molecule has 0 fully saturated rings. The molecule has 0 atom stereocenters. The maximum atomic E-state index is 14.1. The van der Waals surface area contributed by atoms with Crippen molar-refractivity contribution in [3.8, 4) is 11.5 Å². The maximum absolute atomic E-state index is 14.1. The summed E-state index contributed by atoms with van der Waals surface area (Å²) in [5, 5.41) is 2.15. The summed E-state index contributed by atoms with van der Waals surface area (Å²) in [5.74, 6) is 1.05. The molecule has 0 bridgehead atoms. The highest BCUT2D eigenvalue weighted by Crippen LogP contribution is 2.43. The van der Waals surface area contributed by atoms with E-state index in [4.69, 9.17) is 9.47 Å². The molecule has 36 heavy (non-hydrogen) atoms. The average Bonchev–Trinajstić information content (AvgIpc) is 2.77. The Balaban J connectivity index is 2.28. The van der Waals surface area contributed by atoms with Crippen LogP contribution in [-0.4, -0.2) is 25.2 Å². The largest absolute Gasteiger partial charge is 0.497 e. The monoisotopic (exact) mass is 489 g/mol. The SMILES string of the molecule is COc1cc(C(C)(C)C)c(OC(=O)c2ccc3ccccc3c2N(C(C)C)C(C)C)c(C(C)(C)C)c1. The van der Waals surface area contributed by atoms with Crippen molar-refractivity contribution in [1.82, 2.24) is 0 Å². The van der Waals surface area contributed by atoms with Gasteiger partial charge in [-0.15, -0.1) is 0 Å². The van der Waals surface area contributed by atoms with Crippen LogP contribution in [0.15, 0.2) is 48.5 Å². The molecule has 0 N–H and O–H groups in total. The van der Waals surface area contributed by atoms with Crippen molar-refractivity contribution in [3.63, 3.8) is 0 Å². The fourth-order valence-corrected chi connectivity index (χ4v) is 4.90. The zero-order chi connectivity index (χ0) is 27.0. The van der Waals surface area contributed by atoms with E-state index in [9.17, 15) is 4.79 Å². The lowest BCUT2D eigenvalue weighted by atomic mass is 9.79. The first-order chi connectivity index (χ1) is 16.7. The second-order valence-electron chi connectivity index (χ2n) is 12.2. The van der Waals surface area contributed by atoms with E-state index in [0.717, 1.165) is 33.3 Å². The topological polar surface area (TPSA) is 38.8 Å². The predicted octanol–water partition coefficient (Wildman–Crippen LogP) is 8.29. The van der Waals surface area contributed by atoms with Crippen LogP contribution >= 0.6 is 0 Å². The number of ether oxygens (including phenoxy) is 2. The van der Waals surface area contributed by atoms with E-state index in [-0.39, 0.29) is 28.9 Å². The Morgan fingerprint density at radius 2 is 1.33 bits per heavy atom. The van der Waals surface area contributed by atoms with Crippen molar-refractivity contribution in [1.29, 1.82) is 0 Å². The summed E-state index contributed by atoms with van der Waals surface area (Å²) in [5.41, 5.74) is 2.90. The molecule has 0 radical (unpaired) electrons. The summed E-state index contributed by atoms with van der Waals surface area (Å²) in [6.07, 6.45) is 0. The van der Waals surface area contributed by atoms with Gasteiger partial charge in [0.25, 0.3) is 0 Å². The van der Waals surface area contributed by atoms with Crippen LogP contribution in [0, 0.1) is 0 Å².